The molecule has 5 rings (SSSR count). The van der Waals surface area contributed by atoms with Crippen molar-refractivity contribution in [3.8, 4) is 6.07 Å². The summed E-state index contributed by atoms with van der Waals surface area (Å²) in [5, 5.41) is 27.2. The minimum absolute atomic E-state index is 0.0795. The molecule has 0 unspecified atom stereocenters. The molecular weight excluding hydrogens is 619 g/mol. The Labute approximate surface area is 270 Å². The molecule has 10 heteroatoms. The van der Waals surface area contributed by atoms with E-state index < -0.39 is 46.9 Å². The Morgan fingerprint density at radius 3 is 2.40 bits per heavy atom. The lowest BCUT2D eigenvalue weighted by molar-refractivity contribution is -0.118. The number of carboxylic acid groups (broad SMARTS) is 1. The Morgan fingerprint density at radius 2 is 1.73 bits per heavy atom. The van der Waals surface area contributed by atoms with Crippen molar-refractivity contribution in [2.75, 3.05) is 5.32 Å². The average molecular weight is 651 g/mol. The van der Waals surface area contributed by atoms with E-state index in [0.717, 1.165) is 6.07 Å². The molecular formula is C35H31Cl2F2N3O3. The number of amides is 1. The molecule has 0 aliphatic carbocycles. The lowest BCUT2D eigenvalue weighted by Gasteiger charge is -2.41. The van der Waals surface area contributed by atoms with Gasteiger partial charge in [0.1, 0.15) is 11.6 Å². The van der Waals surface area contributed by atoms with Crippen LogP contribution in [0.4, 0.5) is 14.5 Å². The second-order valence-electron chi connectivity index (χ2n) is 12.7. The van der Waals surface area contributed by atoms with E-state index in [4.69, 9.17) is 23.2 Å². The number of halogens is 4. The second-order valence-corrected chi connectivity index (χ2v) is 13.5. The molecule has 0 bridgehead atoms. The van der Waals surface area contributed by atoms with E-state index in [0.29, 0.717) is 22.9 Å². The van der Waals surface area contributed by atoms with Crippen LogP contribution in [0.25, 0.3) is 10.8 Å². The normalized spacial score (nSPS) is 21.4. The van der Waals surface area contributed by atoms with Gasteiger partial charge in [0, 0.05) is 34.5 Å². The fourth-order valence-electron chi connectivity index (χ4n) is 6.63. The maximum absolute atomic E-state index is 16.0. The summed E-state index contributed by atoms with van der Waals surface area (Å²) in [6.07, 6.45) is 0.183. The quantitative estimate of drug-likeness (QED) is 0.186. The zero-order valence-corrected chi connectivity index (χ0v) is 26.3. The molecule has 0 spiro atoms. The summed E-state index contributed by atoms with van der Waals surface area (Å²) < 4.78 is 31.9. The summed E-state index contributed by atoms with van der Waals surface area (Å²) in [4.78, 5) is 25.6. The summed E-state index contributed by atoms with van der Waals surface area (Å²) in [7, 11) is 0. The van der Waals surface area contributed by atoms with Gasteiger partial charge in [-0.1, -0.05) is 74.3 Å². The molecule has 1 aliphatic rings. The standard InChI is InChI=1S/C35H31Cl2F2N3O3/c1-34(2,3)18-28-35(13-14-40,25-12-10-22(36)17-27(25)38)29(24-5-4-6-26(37)30(24)39)31(42-28)32(43)41-23-11-9-19-15-21(33(44)45)8-7-20(19)16-23/h4-12,15-17,28-29,31,42H,13,18H2,1-3H3,(H,41,43)(H,44,45)/t28-,29-,31+,35-/m0/s1. The van der Waals surface area contributed by atoms with Gasteiger partial charge in [0.2, 0.25) is 5.91 Å². The molecule has 1 aliphatic heterocycles. The van der Waals surface area contributed by atoms with E-state index in [1.165, 1.54) is 36.4 Å². The third kappa shape index (κ3) is 6.26. The molecule has 1 fully saturated rings. The van der Waals surface area contributed by atoms with Gasteiger partial charge in [-0.25, -0.2) is 13.6 Å². The number of nitriles is 1. The highest BCUT2D eigenvalue weighted by atomic mass is 35.5. The first kappa shape index (κ1) is 32.4. The predicted molar refractivity (Wildman–Crippen MR) is 172 cm³/mol. The Hall–Kier alpha value is -4.03. The molecule has 4 aromatic rings. The van der Waals surface area contributed by atoms with Gasteiger partial charge in [-0.3, -0.25) is 4.79 Å². The SMILES string of the molecule is CC(C)(C)C[C@@H]1N[C@@H](C(=O)Nc2ccc3cc(C(=O)O)ccc3c2)[C@H](c2cccc(Cl)c2F)[C@@]1(CC#N)c1ccc(Cl)cc1F. The highest BCUT2D eigenvalue weighted by Crippen LogP contribution is 2.55. The van der Waals surface area contributed by atoms with Gasteiger partial charge in [0.15, 0.2) is 0 Å². The van der Waals surface area contributed by atoms with E-state index in [-0.39, 0.29) is 38.6 Å². The van der Waals surface area contributed by atoms with Crippen LogP contribution in [0.2, 0.25) is 10.0 Å². The molecule has 0 saturated carbocycles. The smallest absolute Gasteiger partial charge is 0.335 e. The average Bonchev–Trinajstić information content (AvgIpc) is 3.26. The van der Waals surface area contributed by atoms with Gasteiger partial charge in [-0.05, 0) is 76.2 Å². The minimum Gasteiger partial charge on any atom is -0.478 e. The van der Waals surface area contributed by atoms with Crippen LogP contribution in [0.5, 0.6) is 0 Å². The van der Waals surface area contributed by atoms with Crippen LogP contribution in [-0.4, -0.2) is 29.1 Å². The Morgan fingerprint density at radius 1 is 1.02 bits per heavy atom. The first-order chi connectivity index (χ1) is 21.2. The van der Waals surface area contributed by atoms with Gasteiger partial charge in [0.25, 0.3) is 0 Å². The van der Waals surface area contributed by atoms with E-state index in [1.807, 2.05) is 20.8 Å². The summed E-state index contributed by atoms with van der Waals surface area (Å²) in [5.41, 5.74) is -0.955. The molecule has 6 nitrogen and oxygen atoms in total. The molecule has 1 amide bonds. The molecule has 1 heterocycles. The lowest BCUT2D eigenvalue weighted by atomic mass is 9.60. The highest BCUT2D eigenvalue weighted by molar-refractivity contribution is 6.31. The first-order valence-corrected chi connectivity index (χ1v) is 15.1. The van der Waals surface area contributed by atoms with Crippen molar-refractivity contribution in [2.45, 2.75) is 57.0 Å². The molecule has 232 valence electrons. The number of anilines is 1. The summed E-state index contributed by atoms with van der Waals surface area (Å²) in [6.45, 7) is 5.99. The van der Waals surface area contributed by atoms with Crippen LogP contribution < -0.4 is 10.6 Å². The number of aromatic carboxylic acids is 1. The summed E-state index contributed by atoms with van der Waals surface area (Å²) >= 11 is 12.4. The van der Waals surface area contributed by atoms with E-state index >= 15 is 8.78 Å². The number of nitrogens with one attached hydrogen (secondary N) is 2. The molecule has 1 saturated heterocycles. The number of nitrogens with zero attached hydrogens (tertiary/aromatic N) is 1. The number of hydrogen-bond acceptors (Lipinski definition) is 4. The lowest BCUT2D eigenvalue weighted by Crippen LogP contribution is -2.45. The van der Waals surface area contributed by atoms with Crippen molar-refractivity contribution >= 4 is 51.5 Å². The molecule has 45 heavy (non-hydrogen) atoms. The van der Waals surface area contributed by atoms with E-state index in [1.54, 1.807) is 30.3 Å². The number of carbonyl (C=O) groups is 2. The Kier molecular flexibility index (Phi) is 8.92. The van der Waals surface area contributed by atoms with E-state index in [9.17, 15) is 20.0 Å². The largest absolute Gasteiger partial charge is 0.478 e. The highest BCUT2D eigenvalue weighted by Gasteiger charge is 2.60. The summed E-state index contributed by atoms with van der Waals surface area (Å²) in [5.74, 6) is -4.05. The number of fused-ring (bicyclic) bond motifs is 1. The molecule has 0 aromatic heterocycles. The van der Waals surface area contributed by atoms with Crippen molar-refractivity contribution in [1.29, 1.82) is 5.26 Å². The maximum Gasteiger partial charge on any atom is 0.335 e. The molecule has 4 atom stereocenters. The minimum atomic E-state index is -1.40. The van der Waals surface area contributed by atoms with Crippen molar-refractivity contribution in [3.63, 3.8) is 0 Å². The topological polar surface area (TPSA) is 102 Å². The summed E-state index contributed by atoms with van der Waals surface area (Å²) in [6, 6.07) is 18.8. The number of rotatable bonds is 7. The van der Waals surface area contributed by atoms with E-state index in [2.05, 4.69) is 16.7 Å². The van der Waals surface area contributed by atoms with Gasteiger partial charge in [-0.15, -0.1) is 0 Å². The van der Waals surface area contributed by atoms with Crippen LogP contribution in [0.15, 0.2) is 72.8 Å². The predicted octanol–water partition coefficient (Wildman–Crippen LogP) is 8.47. The van der Waals surface area contributed by atoms with Crippen molar-refractivity contribution < 1.29 is 23.5 Å². The molecule has 3 N–H and O–H groups in total. The van der Waals surface area contributed by atoms with Crippen LogP contribution in [0, 0.1) is 28.4 Å². The van der Waals surface area contributed by atoms with Crippen LogP contribution >= 0.6 is 23.2 Å². The molecule has 0 radical (unpaired) electrons. The zero-order valence-electron chi connectivity index (χ0n) is 24.8. The van der Waals surface area contributed by atoms with Gasteiger partial charge in [0.05, 0.1) is 22.7 Å². The molecule has 4 aromatic carbocycles. The van der Waals surface area contributed by atoms with Crippen molar-refractivity contribution in [3.05, 3.63) is 111 Å². The monoisotopic (exact) mass is 649 g/mol. The fraction of sp³-hybridized carbons (Fsp3) is 0.286. The van der Waals surface area contributed by atoms with Crippen molar-refractivity contribution in [2.24, 2.45) is 5.41 Å². The number of carboxylic acids is 1. The van der Waals surface area contributed by atoms with Crippen LogP contribution in [0.1, 0.15) is 61.0 Å². The first-order valence-electron chi connectivity index (χ1n) is 14.4. The maximum atomic E-state index is 16.0. The fourth-order valence-corrected chi connectivity index (χ4v) is 6.97. The number of benzene rings is 4. The van der Waals surface area contributed by atoms with Gasteiger partial charge < -0.3 is 15.7 Å². The third-order valence-corrected chi connectivity index (χ3v) is 8.99. The van der Waals surface area contributed by atoms with Gasteiger partial charge >= 0.3 is 5.97 Å². The van der Waals surface area contributed by atoms with Crippen LogP contribution in [-0.2, 0) is 10.2 Å². The Balaban J connectivity index is 1.68. The second kappa shape index (κ2) is 12.4. The van der Waals surface area contributed by atoms with Gasteiger partial charge in [-0.2, -0.15) is 5.26 Å². The number of hydrogen-bond donors (Lipinski definition) is 3. The van der Waals surface area contributed by atoms with Crippen molar-refractivity contribution in [1.82, 2.24) is 5.32 Å². The Bertz CT molecular complexity index is 1850. The zero-order chi connectivity index (χ0) is 32.7. The number of carbonyl (C=O) groups excluding carboxylic acids is 1. The van der Waals surface area contributed by atoms with Crippen LogP contribution in [0.3, 0.4) is 0 Å². The third-order valence-electron chi connectivity index (χ3n) is 8.47.